The van der Waals surface area contributed by atoms with Crippen molar-refractivity contribution in [2.75, 3.05) is 11.8 Å². The summed E-state index contributed by atoms with van der Waals surface area (Å²) >= 11 is 4.70. The molecule has 2 rings (SSSR count). The number of aryl methyl sites for hydroxylation is 1. The Hall–Kier alpha value is -0.960. The van der Waals surface area contributed by atoms with Gasteiger partial charge in [0, 0.05) is 17.1 Å². The third-order valence-electron chi connectivity index (χ3n) is 2.51. The molecule has 2 aromatic heterocycles. The number of anilines is 1. The number of pyridine rings is 1. The first-order valence-corrected chi connectivity index (χ1v) is 8.90. The van der Waals surface area contributed by atoms with Crippen LogP contribution in [0.25, 0.3) is 0 Å². The van der Waals surface area contributed by atoms with Crippen molar-refractivity contribution in [3.05, 3.63) is 38.8 Å². The average Bonchev–Trinajstić information content (AvgIpc) is 2.74. The summed E-state index contributed by atoms with van der Waals surface area (Å²) in [6.45, 7) is 2.47. The minimum atomic E-state index is -3.61. The van der Waals surface area contributed by atoms with Gasteiger partial charge in [0.05, 0.1) is 15.7 Å². The predicted octanol–water partition coefficient (Wildman–Crippen LogP) is 2.73. The molecular weight excluding hydrogens is 362 g/mol. The van der Waals surface area contributed by atoms with Crippen LogP contribution in [0.15, 0.2) is 33.1 Å². The van der Waals surface area contributed by atoms with Crippen LogP contribution in [-0.4, -0.2) is 20.4 Å². The molecule has 20 heavy (non-hydrogen) atoms. The van der Waals surface area contributed by atoms with E-state index >= 15 is 0 Å². The molecular formula is C12H14BrN3O2S2. The Morgan fingerprint density at radius 1 is 1.40 bits per heavy atom. The molecule has 0 bridgehead atoms. The van der Waals surface area contributed by atoms with Crippen LogP contribution in [0.2, 0.25) is 0 Å². The van der Waals surface area contributed by atoms with Gasteiger partial charge in [-0.05, 0) is 48.1 Å². The monoisotopic (exact) mass is 375 g/mol. The van der Waals surface area contributed by atoms with E-state index < -0.39 is 10.0 Å². The summed E-state index contributed by atoms with van der Waals surface area (Å²) in [6, 6.07) is 5.11. The zero-order valence-corrected chi connectivity index (χ0v) is 14.2. The Balaban J connectivity index is 2.28. The zero-order chi connectivity index (χ0) is 14.8. The van der Waals surface area contributed by atoms with Gasteiger partial charge in [0.25, 0.3) is 10.0 Å². The second-order valence-corrected chi connectivity index (χ2v) is 8.28. The molecule has 0 amide bonds. The van der Waals surface area contributed by atoms with Crippen molar-refractivity contribution in [2.24, 2.45) is 0 Å². The predicted molar refractivity (Wildman–Crippen MR) is 84.6 cm³/mol. The maximum atomic E-state index is 12.3. The second-order valence-electron chi connectivity index (χ2n) is 4.17. The zero-order valence-electron chi connectivity index (χ0n) is 11.0. The van der Waals surface area contributed by atoms with Crippen LogP contribution in [-0.2, 0) is 16.6 Å². The molecule has 2 aromatic rings. The van der Waals surface area contributed by atoms with Gasteiger partial charge in [-0.15, -0.1) is 11.3 Å². The Morgan fingerprint density at radius 3 is 2.75 bits per heavy atom. The first kappa shape index (κ1) is 15.4. The van der Waals surface area contributed by atoms with Crippen molar-refractivity contribution in [2.45, 2.75) is 18.4 Å². The lowest BCUT2D eigenvalue weighted by molar-refractivity contribution is 0.601. The van der Waals surface area contributed by atoms with Gasteiger partial charge in [0.2, 0.25) is 0 Å². The van der Waals surface area contributed by atoms with E-state index in [4.69, 9.17) is 0 Å². The number of aromatic nitrogens is 1. The van der Waals surface area contributed by atoms with E-state index in [1.165, 1.54) is 17.5 Å². The lowest BCUT2D eigenvalue weighted by Gasteiger charge is -2.06. The molecule has 0 unspecified atom stereocenters. The quantitative estimate of drug-likeness (QED) is 0.842. The highest BCUT2D eigenvalue weighted by Crippen LogP contribution is 2.32. The standard InChI is InChI=1S/C12H14BrN3O2S2/c1-8-3-4-9(6-15-8)16-20(17,18)11-5-10(7-14-2)19-12(11)13/h3-6,14,16H,7H2,1-2H3. The molecule has 2 N–H and O–H groups in total. The highest BCUT2D eigenvalue weighted by molar-refractivity contribution is 9.11. The van der Waals surface area contributed by atoms with Gasteiger partial charge >= 0.3 is 0 Å². The van der Waals surface area contributed by atoms with Crippen molar-refractivity contribution >= 4 is 43.0 Å². The molecule has 0 saturated heterocycles. The van der Waals surface area contributed by atoms with Crippen LogP contribution >= 0.6 is 27.3 Å². The number of rotatable bonds is 5. The number of sulfonamides is 1. The van der Waals surface area contributed by atoms with Crippen LogP contribution in [0.5, 0.6) is 0 Å². The van der Waals surface area contributed by atoms with E-state index in [2.05, 4.69) is 31.0 Å². The van der Waals surface area contributed by atoms with E-state index in [0.717, 1.165) is 10.6 Å². The van der Waals surface area contributed by atoms with Crippen molar-refractivity contribution in [3.63, 3.8) is 0 Å². The van der Waals surface area contributed by atoms with Crippen LogP contribution in [0.1, 0.15) is 10.6 Å². The third-order valence-corrected chi connectivity index (χ3v) is 6.14. The van der Waals surface area contributed by atoms with Crippen molar-refractivity contribution in [1.29, 1.82) is 0 Å². The number of hydrogen-bond donors (Lipinski definition) is 2. The SMILES string of the molecule is CNCc1cc(S(=O)(=O)Nc2ccc(C)nc2)c(Br)s1. The Morgan fingerprint density at radius 2 is 2.15 bits per heavy atom. The van der Waals surface area contributed by atoms with Gasteiger partial charge in [-0.2, -0.15) is 0 Å². The smallest absolute Gasteiger partial charge is 0.263 e. The topological polar surface area (TPSA) is 71.1 Å². The molecule has 5 nitrogen and oxygen atoms in total. The average molecular weight is 376 g/mol. The van der Waals surface area contributed by atoms with Crippen molar-refractivity contribution in [3.8, 4) is 0 Å². The molecule has 0 aliphatic carbocycles. The first-order valence-electron chi connectivity index (χ1n) is 5.80. The van der Waals surface area contributed by atoms with Crippen LogP contribution in [0, 0.1) is 6.92 Å². The van der Waals surface area contributed by atoms with E-state index in [1.807, 2.05) is 14.0 Å². The van der Waals surface area contributed by atoms with Gasteiger partial charge in [-0.25, -0.2) is 8.42 Å². The van der Waals surface area contributed by atoms with Gasteiger partial charge in [-0.1, -0.05) is 0 Å². The summed E-state index contributed by atoms with van der Waals surface area (Å²) < 4.78 is 27.8. The first-order chi connectivity index (χ1) is 9.42. The number of halogens is 1. The molecule has 0 spiro atoms. The van der Waals surface area contributed by atoms with Crippen LogP contribution in [0.3, 0.4) is 0 Å². The van der Waals surface area contributed by atoms with E-state index in [9.17, 15) is 8.42 Å². The van der Waals surface area contributed by atoms with E-state index in [0.29, 0.717) is 16.0 Å². The van der Waals surface area contributed by atoms with Crippen molar-refractivity contribution < 1.29 is 8.42 Å². The summed E-state index contributed by atoms with van der Waals surface area (Å²) in [5, 5.41) is 3.00. The minimum Gasteiger partial charge on any atom is -0.315 e. The fourth-order valence-corrected chi connectivity index (χ4v) is 5.32. The molecule has 0 aromatic carbocycles. The molecule has 0 aliphatic rings. The highest BCUT2D eigenvalue weighted by atomic mass is 79.9. The molecule has 0 fully saturated rings. The maximum Gasteiger partial charge on any atom is 0.263 e. The molecule has 2 heterocycles. The maximum absolute atomic E-state index is 12.3. The largest absolute Gasteiger partial charge is 0.315 e. The Bertz CT molecular complexity index is 696. The van der Waals surface area contributed by atoms with Crippen molar-refractivity contribution in [1.82, 2.24) is 10.3 Å². The second kappa shape index (κ2) is 6.21. The summed E-state index contributed by atoms with van der Waals surface area (Å²) in [5.74, 6) is 0. The lowest BCUT2D eigenvalue weighted by Crippen LogP contribution is -2.13. The van der Waals surface area contributed by atoms with Gasteiger partial charge < -0.3 is 5.32 Å². The molecule has 0 saturated carbocycles. The molecule has 8 heteroatoms. The fourth-order valence-electron chi connectivity index (χ4n) is 1.58. The Kier molecular flexibility index (Phi) is 4.79. The molecule has 0 aliphatic heterocycles. The van der Waals surface area contributed by atoms with E-state index in [1.54, 1.807) is 18.2 Å². The van der Waals surface area contributed by atoms with E-state index in [-0.39, 0.29) is 4.90 Å². The summed E-state index contributed by atoms with van der Waals surface area (Å²) in [4.78, 5) is 5.26. The lowest BCUT2D eigenvalue weighted by atomic mass is 10.4. The summed E-state index contributed by atoms with van der Waals surface area (Å²) in [6.07, 6.45) is 1.50. The van der Waals surface area contributed by atoms with Crippen LogP contribution < -0.4 is 10.0 Å². The number of nitrogens with zero attached hydrogens (tertiary/aromatic N) is 1. The summed E-state index contributed by atoms with van der Waals surface area (Å²) in [7, 11) is -1.79. The van der Waals surface area contributed by atoms with Gasteiger partial charge in [0.1, 0.15) is 4.90 Å². The third kappa shape index (κ3) is 3.57. The summed E-state index contributed by atoms with van der Waals surface area (Å²) in [5.41, 5.74) is 1.28. The van der Waals surface area contributed by atoms with Crippen LogP contribution in [0.4, 0.5) is 5.69 Å². The normalized spacial score (nSPS) is 11.6. The van der Waals surface area contributed by atoms with Gasteiger partial charge in [0.15, 0.2) is 0 Å². The van der Waals surface area contributed by atoms with Gasteiger partial charge in [-0.3, -0.25) is 9.71 Å². The number of nitrogens with one attached hydrogen (secondary N) is 2. The highest BCUT2D eigenvalue weighted by Gasteiger charge is 2.21. The Labute approximate surface area is 130 Å². The number of hydrogen-bond acceptors (Lipinski definition) is 5. The minimum absolute atomic E-state index is 0.244. The number of thiophene rings is 1. The molecule has 0 atom stereocenters. The molecule has 108 valence electrons. The molecule has 0 radical (unpaired) electrons. The fraction of sp³-hybridized carbons (Fsp3) is 0.250.